The van der Waals surface area contributed by atoms with Crippen LogP contribution >= 0.6 is 11.8 Å². The van der Waals surface area contributed by atoms with Crippen LogP contribution in [0.5, 0.6) is 0 Å². The molecule has 0 radical (unpaired) electrons. The first kappa shape index (κ1) is 18.0. The van der Waals surface area contributed by atoms with E-state index in [0.29, 0.717) is 16.4 Å². The highest BCUT2D eigenvalue weighted by molar-refractivity contribution is 8.00. The number of hydrogen-bond donors (Lipinski definition) is 2. The van der Waals surface area contributed by atoms with Crippen molar-refractivity contribution in [3.05, 3.63) is 65.5 Å². The number of halogens is 1. The summed E-state index contributed by atoms with van der Waals surface area (Å²) in [5.41, 5.74) is 6.27. The third-order valence-electron chi connectivity index (χ3n) is 3.35. The van der Waals surface area contributed by atoms with Gasteiger partial charge in [-0.1, -0.05) is 38.1 Å². The molecule has 0 saturated carbocycles. The van der Waals surface area contributed by atoms with E-state index >= 15 is 0 Å². The molecule has 0 atom stereocenters. The maximum atomic E-state index is 13.4. The van der Waals surface area contributed by atoms with Crippen LogP contribution in [0.1, 0.15) is 35.7 Å². The van der Waals surface area contributed by atoms with Crippen molar-refractivity contribution in [1.29, 1.82) is 0 Å². The molecule has 0 bridgehead atoms. The molecule has 0 saturated heterocycles. The second-order valence-electron chi connectivity index (χ2n) is 5.50. The molecule has 0 fully saturated rings. The van der Waals surface area contributed by atoms with Crippen LogP contribution in [0.2, 0.25) is 0 Å². The first-order valence-corrected chi connectivity index (χ1v) is 8.52. The molecule has 2 rings (SSSR count). The average molecular weight is 346 g/mol. The van der Waals surface area contributed by atoms with Crippen LogP contribution in [-0.2, 0) is 4.79 Å². The molecule has 24 heavy (non-hydrogen) atoms. The van der Waals surface area contributed by atoms with Gasteiger partial charge in [0.2, 0.25) is 5.91 Å². The Bertz CT molecular complexity index is 717. The second-order valence-corrected chi connectivity index (χ2v) is 6.52. The summed E-state index contributed by atoms with van der Waals surface area (Å²) in [6, 6.07) is 13.4. The number of nitrogens with one attached hydrogen (secondary N) is 2. The van der Waals surface area contributed by atoms with Gasteiger partial charge < -0.3 is 0 Å². The maximum Gasteiger partial charge on any atom is 0.269 e. The molecule has 6 heteroatoms. The number of carbonyl (C=O) groups is 2. The van der Waals surface area contributed by atoms with Crippen molar-refractivity contribution in [3.63, 3.8) is 0 Å². The summed E-state index contributed by atoms with van der Waals surface area (Å²) in [6.07, 6.45) is 0. The fraction of sp³-hybridized carbons (Fsp3) is 0.222. The van der Waals surface area contributed by atoms with Gasteiger partial charge in [0, 0.05) is 10.5 Å². The van der Waals surface area contributed by atoms with Gasteiger partial charge >= 0.3 is 0 Å². The predicted octanol–water partition coefficient (Wildman–Crippen LogP) is 3.50. The normalized spacial score (nSPS) is 10.5. The molecular weight excluding hydrogens is 327 g/mol. The van der Waals surface area contributed by atoms with Gasteiger partial charge in [-0.15, -0.1) is 11.8 Å². The van der Waals surface area contributed by atoms with Gasteiger partial charge in [0.15, 0.2) is 0 Å². The highest BCUT2D eigenvalue weighted by Crippen LogP contribution is 2.20. The summed E-state index contributed by atoms with van der Waals surface area (Å²) < 4.78 is 13.4. The number of carbonyl (C=O) groups excluding carboxylic acids is 2. The molecule has 2 amide bonds. The van der Waals surface area contributed by atoms with Crippen molar-refractivity contribution in [2.75, 3.05) is 5.75 Å². The zero-order valence-corrected chi connectivity index (χ0v) is 14.3. The summed E-state index contributed by atoms with van der Waals surface area (Å²) in [4.78, 5) is 24.1. The highest BCUT2D eigenvalue weighted by atomic mass is 32.2. The van der Waals surface area contributed by atoms with Crippen LogP contribution in [-0.4, -0.2) is 17.6 Å². The fourth-order valence-corrected chi connectivity index (χ4v) is 2.70. The van der Waals surface area contributed by atoms with Gasteiger partial charge in [0.1, 0.15) is 5.82 Å². The Morgan fingerprint density at radius 1 is 1.04 bits per heavy atom. The van der Waals surface area contributed by atoms with Crippen LogP contribution in [0.4, 0.5) is 4.39 Å². The summed E-state index contributed by atoms with van der Waals surface area (Å²) in [5.74, 6) is -0.778. The average Bonchev–Trinajstić information content (AvgIpc) is 2.59. The second kappa shape index (κ2) is 8.49. The van der Waals surface area contributed by atoms with Gasteiger partial charge in [0.25, 0.3) is 5.91 Å². The summed E-state index contributed by atoms with van der Waals surface area (Å²) >= 11 is 1.07. The lowest BCUT2D eigenvalue weighted by molar-refractivity contribution is -0.119. The van der Waals surface area contributed by atoms with Crippen LogP contribution in [0, 0.1) is 5.82 Å². The molecule has 2 N–H and O–H groups in total. The highest BCUT2D eigenvalue weighted by Gasteiger charge is 2.09. The quantitative estimate of drug-likeness (QED) is 0.643. The Labute approximate surface area is 144 Å². The lowest BCUT2D eigenvalue weighted by atomic mass is 10.0. The number of benzene rings is 2. The van der Waals surface area contributed by atoms with Gasteiger partial charge in [-0.25, -0.2) is 4.39 Å². The summed E-state index contributed by atoms with van der Waals surface area (Å²) in [6.45, 7) is 4.14. The lowest BCUT2D eigenvalue weighted by Crippen LogP contribution is -2.42. The standard InChI is InChI=1S/C18H19FN2O2S/c1-12(2)13-7-9-14(10-8-13)18(23)21-20-17(22)11-24-16-6-4-3-5-15(16)19/h3-10,12H,11H2,1-2H3,(H,20,22)(H,21,23). The number of thioether (sulfide) groups is 1. The zero-order valence-electron chi connectivity index (χ0n) is 13.5. The molecular formula is C18H19FN2O2S. The fourth-order valence-electron chi connectivity index (χ4n) is 1.96. The molecule has 0 unspecified atom stereocenters. The first-order valence-electron chi connectivity index (χ1n) is 7.54. The number of hydrogen-bond acceptors (Lipinski definition) is 3. The molecule has 126 valence electrons. The minimum absolute atomic E-state index is 0.00744. The van der Waals surface area contributed by atoms with Crippen molar-refractivity contribution in [2.45, 2.75) is 24.7 Å². The van der Waals surface area contributed by atoms with E-state index in [-0.39, 0.29) is 11.6 Å². The third-order valence-corrected chi connectivity index (χ3v) is 4.40. The monoisotopic (exact) mass is 346 g/mol. The van der Waals surface area contributed by atoms with E-state index in [0.717, 1.165) is 17.3 Å². The van der Waals surface area contributed by atoms with E-state index in [1.807, 2.05) is 12.1 Å². The largest absolute Gasteiger partial charge is 0.272 e. The van der Waals surface area contributed by atoms with E-state index in [2.05, 4.69) is 24.7 Å². The van der Waals surface area contributed by atoms with E-state index in [1.54, 1.807) is 30.3 Å². The minimum Gasteiger partial charge on any atom is -0.272 e. The Balaban J connectivity index is 1.80. The van der Waals surface area contributed by atoms with E-state index in [9.17, 15) is 14.0 Å². The molecule has 2 aromatic carbocycles. The SMILES string of the molecule is CC(C)c1ccc(C(=O)NNC(=O)CSc2ccccc2F)cc1. The number of amides is 2. The smallest absolute Gasteiger partial charge is 0.269 e. The Kier molecular flexibility index (Phi) is 6.37. The molecule has 0 spiro atoms. The van der Waals surface area contributed by atoms with Crippen molar-refractivity contribution >= 4 is 23.6 Å². The van der Waals surface area contributed by atoms with Crippen molar-refractivity contribution in [2.24, 2.45) is 0 Å². The molecule has 0 heterocycles. The van der Waals surface area contributed by atoms with Gasteiger partial charge in [0.05, 0.1) is 5.75 Å². The molecule has 0 aliphatic rings. The molecule has 0 aliphatic heterocycles. The van der Waals surface area contributed by atoms with Crippen molar-refractivity contribution in [1.82, 2.24) is 10.9 Å². The Morgan fingerprint density at radius 2 is 1.71 bits per heavy atom. The lowest BCUT2D eigenvalue weighted by Gasteiger charge is -2.09. The summed E-state index contributed by atoms with van der Waals surface area (Å²) in [5, 5.41) is 0. The minimum atomic E-state index is -0.407. The maximum absolute atomic E-state index is 13.4. The number of rotatable bonds is 5. The van der Waals surface area contributed by atoms with E-state index in [1.165, 1.54) is 6.07 Å². The Hall–Kier alpha value is -2.34. The van der Waals surface area contributed by atoms with Crippen LogP contribution in [0.25, 0.3) is 0 Å². The topological polar surface area (TPSA) is 58.2 Å². The molecule has 0 aliphatic carbocycles. The molecule has 0 aromatic heterocycles. The van der Waals surface area contributed by atoms with Gasteiger partial charge in [-0.05, 0) is 35.7 Å². The number of hydrazine groups is 1. The third kappa shape index (κ3) is 5.09. The molecule has 2 aromatic rings. The van der Waals surface area contributed by atoms with Crippen molar-refractivity contribution in [3.8, 4) is 0 Å². The zero-order chi connectivity index (χ0) is 17.5. The van der Waals surface area contributed by atoms with E-state index < -0.39 is 11.8 Å². The van der Waals surface area contributed by atoms with Gasteiger partial charge in [-0.3, -0.25) is 20.4 Å². The van der Waals surface area contributed by atoms with Gasteiger partial charge in [-0.2, -0.15) is 0 Å². The Morgan fingerprint density at radius 3 is 2.33 bits per heavy atom. The first-order chi connectivity index (χ1) is 11.5. The van der Waals surface area contributed by atoms with Crippen LogP contribution < -0.4 is 10.9 Å². The van der Waals surface area contributed by atoms with E-state index in [4.69, 9.17) is 0 Å². The molecule has 4 nitrogen and oxygen atoms in total. The van der Waals surface area contributed by atoms with Crippen LogP contribution in [0.3, 0.4) is 0 Å². The summed E-state index contributed by atoms with van der Waals surface area (Å²) in [7, 11) is 0. The van der Waals surface area contributed by atoms with Crippen LogP contribution in [0.15, 0.2) is 53.4 Å². The van der Waals surface area contributed by atoms with Crippen molar-refractivity contribution < 1.29 is 14.0 Å². The predicted molar refractivity (Wildman–Crippen MR) is 93.3 cm³/mol.